The second-order valence-electron chi connectivity index (χ2n) is 10.1. The molecular formula is C28H50ClN3O6. The summed E-state index contributed by atoms with van der Waals surface area (Å²) in [5.74, 6) is 1.43. The van der Waals surface area contributed by atoms with Crippen LogP contribution in [0.3, 0.4) is 0 Å². The van der Waals surface area contributed by atoms with Gasteiger partial charge in [-0.25, -0.2) is 0 Å². The zero-order chi connectivity index (χ0) is 27.8. The zero-order valence-corrected chi connectivity index (χ0v) is 24.8. The number of hydrogen-bond donors (Lipinski definition) is 4. The number of rotatable bonds is 19. The average molecular weight is 560 g/mol. The van der Waals surface area contributed by atoms with E-state index in [9.17, 15) is 14.7 Å². The molecule has 0 saturated heterocycles. The fraction of sp³-hybridized carbons (Fsp3) is 0.714. The standard InChI is InChI=1S/C28H49N3O6.ClH/c1-19(2)22(16-21-10-11-25(36-6)26(17-21)37-14-8-13-35-5)18-23(29)24(32)15-20(3)28(34)31-12-7-9-27(33)30-4;/h10-11,17,19-20,22-24,32H,7-9,12-16,18,29H2,1-6H3,(H,30,33)(H,31,34);1H/t20-,22+,23+,24+;/m1./s1. The third kappa shape index (κ3) is 13.6. The molecule has 2 amide bonds. The number of nitrogens with two attached hydrogens (primary N) is 1. The van der Waals surface area contributed by atoms with Crippen LogP contribution in [0, 0.1) is 17.8 Å². The summed E-state index contributed by atoms with van der Waals surface area (Å²) < 4.78 is 16.5. The van der Waals surface area contributed by atoms with E-state index in [1.54, 1.807) is 28.2 Å². The number of aliphatic hydroxyl groups is 1. The number of aliphatic hydroxyl groups excluding tert-OH is 1. The molecule has 0 spiro atoms. The van der Waals surface area contributed by atoms with E-state index in [4.69, 9.17) is 19.9 Å². The van der Waals surface area contributed by atoms with E-state index >= 15 is 0 Å². The number of benzene rings is 1. The van der Waals surface area contributed by atoms with Crippen molar-refractivity contribution in [1.82, 2.24) is 10.6 Å². The smallest absolute Gasteiger partial charge is 0.222 e. The summed E-state index contributed by atoms with van der Waals surface area (Å²) in [6.07, 6.45) is 2.65. The van der Waals surface area contributed by atoms with E-state index in [0.717, 1.165) is 18.4 Å². The largest absolute Gasteiger partial charge is 0.493 e. The number of amides is 2. The van der Waals surface area contributed by atoms with E-state index in [2.05, 4.69) is 24.5 Å². The predicted octanol–water partition coefficient (Wildman–Crippen LogP) is 3.09. The van der Waals surface area contributed by atoms with Crippen molar-refractivity contribution in [1.29, 1.82) is 0 Å². The number of ether oxygens (including phenoxy) is 3. The van der Waals surface area contributed by atoms with Gasteiger partial charge in [-0.15, -0.1) is 12.4 Å². The Balaban J connectivity index is 0.0000137. The maximum absolute atomic E-state index is 12.4. The van der Waals surface area contributed by atoms with E-state index in [-0.39, 0.29) is 42.5 Å². The topological polar surface area (TPSA) is 132 Å². The van der Waals surface area contributed by atoms with Gasteiger partial charge in [0, 0.05) is 52.1 Å². The fourth-order valence-electron chi connectivity index (χ4n) is 4.15. The molecular weight excluding hydrogens is 510 g/mol. The molecule has 0 saturated carbocycles. The molecule has 1 aromatic carbocycles. The summed E-state index contributed by atoms with van der Waals surface area (Å²) in [6.45, 7) is 7.70. The van der Waals surface area contributed by atoms with Crippen LogP contribution in [0.15, 0.2) is 18.2 Å². The Morgan fingerprint density at radius 3 is 2.37 bits per heavy atom. The molecule has 0 aliphatic heterocycles. The molecule has 0 aliphatic carbocycles. The summed E-state index contributed by atoms with van der Waals surface area (Å²) >= 11 is 0. The van der Waals surface area contributed by atoms with Gasteiger partial charge < -0.3 is 35.7 Å². The van der Waals surface area contributed by atoms with Gasteiger partial charge in [-0.3, -0.25) is 9.59 Å². The van der Waals surface area contributed by atoms with Crippen LogP contribution in [0.4, 0.5) is 0 Å². The quantitative estimate of drug-likeness (QED) is 0.191. The Hall–Kier alpha value is -2.07. The van der Waals surface area contributed by atoms with Crippen molar-refractivity contribution in [3.8, 4) is 11.5 Å². The second kappa shape index (κ2) is 19.9. The third-order valence-electron chi connectivity index (χ3n) is 6.69. The first kappa shape index (κ1) is 35.9. The van der Waals surface area contributed by atoms with Crippen molar-refractivity contribution in [2.24, 2.45) is 23.5 Å². The highest BCUT2D eigenvalue weighted by atomic mass is 35.5. The Morgan fingerprint density at radius 1 is 1.05 bits per heavy atom. The highest BCUT2D eigenvalue weighted by molar-refractivity contribution is 5.85. The van der Waals surface area contributed by atoms with Crippen molar-refractivity contribution in [2.75, 3.05) is 41.0 Å². The van der Waals surface area contributed by atoms with Crippen LogP contribution < -0.4 is 25.8 Å². The lowest BCUT2D eigenvalue weighted by atomic mass is 9.82. The predicted molar refractivity (Wildman–Crippen MR) is 153 cm³/mol. The van der Waals surface area contributed by atoms with Crippen LogP contribution in [0.25, 0.3) is 0 Å². The molecule has 220 valence electrons. The summed E-state index contributed by atoms with van der Waals surface area (Å²) in [7, 11) is 4.88. The molecule has 0 aliphatic rings. The molecule has 0 heterocycles. The lowest BCUT2D eigenvalue weighted by molar-refractivity contribution is -0.126. The third-order valence-corrected chi connectivity index (χ3v) is 6.69. The van der Waals surface area contributed by atoms with Crippen molar-refractivity contribution in [3.63, 3.8) is 0 Å². The van der Waals surface area contributed by atoms with Gasteiger partial charge in [-0.1, -0.05) is 26.8 Å². The first-order chi connectivity index (χ1) is 17.6. The molecule has 0 bridgehead atoms. The van der Waals surface area contributed by atoms with Gasteiger partial charge in [0.1, 0.15) is 0 Å². The summed E-state index contributed by atoms with van der Waals surface area (Å²) in [4.78, 5) is 23.7. The Morgan fingerprint density at radius 2 is 1.76 bits per heavy atom. The maximum atomic E-state index is 12.4. The minimum atomic E-state index is -0.789. The fourth-order valence-corrected chi connectivity index (χ4v) is 4.15. The SMILES string of the molecule is CNC(=O)CCCNC(=O)[C@H](C)C[C@H](O)[C@@H](N)C[C@H](Cc1ccc(OC)c(OCCCOC)c1)C(C)C.Cl. The van der Waals surface area contributed by atoms with Crippen LogP contribution in [-0.2, 0) is 20.7 Å². The molecule has 0 radical (unpaired) electrons. The summed E-state index contributed by atoms with van der Waals surface area (Å²) in [5, 5.41) is 16.2. The van der Waals surface area contributed by atoms with Crippen LogP contribution in [0.5, 0.6) is 11.5 Å². The van der Waals surface area contributed by atoms with Crippen LogP contribution in [0.2, 0.25) is 0 Å². The van der Waals surface area contributed by atoms with E-state index in [0.29, 0.717) is 56.4 Å². The molecule has 9 nitrogen and oxygen atoms in total. The number of methoxy groups -OCH3 is 2. The van der Waals surface area contributed by atoms with Gasteiger partial charge >= 0.3 is 0 Å². The number of hydrogen-bond acceptors (Lipinski definition) is 7. The Kier molecular flexibility index (Phi) is 18.8. The molecule has 0 fully saturated rings. The Labute approximate surface area is 235 Å². The van der Waals surface area contributed by atoms with Gasteiger partial charge in [-0.05, 0) is 55.2 Å². The lowest BCUT2D eigenvalue weighted by Crippen LogP contribution is -2.41. The average Bonchev–Trinajstić information content (AvgIpc) is 2.88. The highest BCUT2D eigenvalue weighted by Crippen LogP contribution is 2.31. The monoisotopic (exact) mass is 559 g/mol. The van der Waals surface area contributed by atoms with Crippen molar-refractivity contribution in [3.05, 3.63) is 23.8 Å². The van der Waals surface area contributed by atoms with Crippen molar-refractivity contribution < 1.29 is 28.9 Å². The first-order valence-corrected chi connectivity index (χ1v) is 13.3. The molecule has 10 heteroatoms. The molecule has 38 heavy (non-hydrogen) atoms. The zero-order valence-electron chi connectivity index (χ0n) is 24.0. The second-order valence-corrected chi connectivity index (χ2v) is 10.1. The molecule has 0 unspecified atom stereocenters. The van der Waals surface area contributed by atoms with Crippen LogP contribution in [-0.4, -0.2) is 70.1 Å². The van der Waals surface area contributed by atoms with E-state index < -0.39 is 12.1 Å². The van der Waals surface area contributed by atoms with Crippen LogP contribution in [0.1, 0.15) is 58.4 Å². The Bertz CT molecular complexity index is 811. The molecule has 1 aromatic rings. The maximum Gasteiger partial charge on any atom is 0.222 e. The molecule has 0 aromatic heterocycles. The van der Waals surface area contributed by atoms with Gasteiger partial charge in [0.25, 0.3) is 0 Å². The summed E-state index contributed by atoms with van der Waals surface area (Å²) in [5.41, 5.74) is 7.53. The minimum absolute atomic E-state index is 0. The van der Waals surface area contributed by atoms with Crippen molar-refractivity contribution >= 4 is 24.2 Å². The first-order valence-electron chi connectivity index (χ1n) is 13.3. The number of nitrogens with one attached hydrogen (secondary N) is 2. The van der Waals surface area contributed by atoms with Gasteiger partial charge in [0.15, 0.2) is 11.5 Å². The van der Waals surface area contributed by atoms with Gasteiger partial charge in [-0.2, -0.15) is 0 Å². The molecule has 5 N–H and O–H groups in total. The van der Waals surface area contributed by atoms with Crippen LogP contribution >= 0.6 is 12.4 Å². The molecule has 1 rings (SSSR count). The van der Waals surface area contributed by atoms with E-state index in [1.165, 1.54) is 0 Å². The van der Waals surface area contributed by atoms with E-state index in [1.807, 2.05) is 18.2 Å². The summed E-state index contributed by atoms with van der Waals surface area (Å²) in [6, 6.07) is 5.52. The van der Waals surface area contributed by atoms with Gasteiger partial charge in [0.2, 0.25) is 11.8 Å². The highest BCUT2D eigenvalue weighted by Gasteiger charge is 2.26. The number of carbonyl (C=O) groups excluding carboxylic acids is 2. The number of halogens is 1. The minimum Gasteiger partial charge on any atom is -0.493 e. The lowest BCUT2D eigenvalue weighted by Gasteiger charge is -2.28. The number of carbonyl (C=O) groups is 2. The van der Waals surface area contributed by atoms with Gasteiger partial charge in [0.05, 0.1) is 19.8 Å². The van der Waals surface area contributed by atoms with Crippen molar-refractivity contribution in [2.45, 2.75) is 71.4 Å². The normalized spacial score (nSPS) is 14.1. The molecule has 4 atom stereocenters.